The summed E-state index contributed by atoms with van der Waals surface area (Å²) in [5.74, 6) is -0.993. The molecule has 0 aliphatic carbocycles. The fourth-order valence-corrected chi connectivity index (χ4v) is 2.68. The van der Waals surface area contributed by atoms with E-state index in [0.29, 0.717) is 0 Å². The third-order valence-electron chi connectivity index (χ3n) is 4.07. The number of nitrogens with zero attached hydrogens (tertiary/aromatic N) is 2. The number of ether oxygens (including phenoxy) is 1. The summed E-state index contributed by atoms with van der Waals surface area (Å²) in [7, 11) is 0. The molecule has 7 nitrogen and oxygen atoms in total. The van der Waals surface area contributed by atoms with Crippen LogP contribution in [0.2, 0.25) is 0 Å². The lowest BCUT2D eigenvalue weighted by Crippen LogP contribution is -2.27. The van der Waals surface area contributed by atoms with E-state index in [4.69, 9.17) is 4.74 Å². The Morgan fingerprint density at radius 3 is 2.40 bits per heavy atom. The largest absolute Gasteiger partial charge is 0.426 e. The molecular weight excluding hydrogens is 324 g/mol. The average Bonchev–Trinajstić information content (AvgIpc) is 2.98. The Bertz CT molecular complexity index is 814. The zero-order valence-corrected chi connectivity index (χ0v) is 13.5. The molecule has 25 heavy (non-hydrogen) atoms. The highest BCUT2D eigenvalue weighted by molar-refractivity contribution is 5.99. The van der Waals surface area contributed by atoms with Gasteiger partial charge in [-0.3, -0.25) is 19.7 Å². The Morgan fingerprint density at radius 2 is 1.80 bits per heavy atom. The summed E-state index contributed by atoms with van der Waals surface area (Å²) in [6.45, 7) is 2.22. The third kappa shape index (κ3) is 3.65. The average molecular weight is 340 g/mol. The Balaban J connectivity index is 1.66. The van der Waals surface area contributed by atoms with Crippen LogP contribution < -0.4 is 9.64 Å². The Morgan fingerprint density at radius 1 is 1.16 bits per heavy atom. The number of nitro benzene ring substituents is 1. The van der Waals surface area contributed by atoms with Crippen LogP contribution in [0.25, 0.3) is 0 Å². The minimum atomic E-state index is -0.566. The molecule has 0 spiro atoms. The number of hydrogen-bond acceptors (Lipinski definition) is 5. The molecular formula is C18H16N2O5. The maximum atomic E-state index is 12.3. The van der Waals surface area contributed by atoms with Gasteiger partial charge in [0.15, 0.2) is 0 Å². The van der Waals surface area contributed by atoms with Gasteiger partial charge in [0.1, 0.15) is 5.75 Å². The highest BCUT2D eigenvalue weighted by Crippen LogP contribution is 2.27. The molecule has 0 aromatic heterocycles. The van der Waals surface area contributed by atoms with Gasteiger partial charge < -0.3 is 9.64 Å². The summed E-state index contributed by atoms with van der Waals surface area (Å²) in [6, 6.07) is 12.8. The van der Waals surface area contributed by atoms with Crippen LogP contribution >= 0.6 is 0 Å². The Labute approximate surface area is 144 Å². The highest BCUT2D eigenvalue weighted by Gasteiger charge is 2.36. The first-order chi connectivity index (χ1) is 11.9. The van der Waals surface area contributed by atoms with Crippen molar-refractivity contribution in [2.45, 2.75) is 13.3 Å². The number of benzene rings is 2. The number of anilines is 1. The van der Waals surface area contributed by atoms with E-state index in [9.17, 15) is 19.7 Å². The SMILES string of the molecule is Cc1ccc(N2C[C@H](C(=O)Oc3ccc([N+](=O)[O-])cc3)CC2=O)cc1. The van der Waals surface area contributed by atoms with Crippen molar-refractivity contribution in [3.05, 3.63) is 64.2 Å². The molecule has 1 heterocycles. The number of carbonyl (C=O) groups excluding carboxylic acids is 2. The van der Waals surface area contributed by atoms with Gasteiger partial charge in [-0.1, -0.05) is 17.7 Å². The first-order valence-corrected chi connectivity index (χ1v) is 7.77. The lowest BCUT2D eigenvalue weighted by Gasteiger charge is -2.16. The summed E-state index contributed by atoms with van der Waals surface area (Å²) in [4.78, 5) is 36.1. The zero-order valence-electron chi connectivity index (χ0n) is 13.5. The molecule has 1 amide bonds. The minimum Gasteiger partial charge on any atom is -0.426 e. The van der Waals surface area contributed by atoms with E-state index in [0.717, 1.165) is 11.3 Å². The van der Waals surface area contributed by atoms with Crippen LogP contribution in [0.5, 0.6) is 5.75 Å². The fourth-order valence-electron chi connectivity index (χ4n) is 2.68. The van der Waals surface area contributed by atoms with Gasteiger partial charge in [-0.15, -0.1) is 0 Å². The number of carbonyl (C=O) groups is 2. The van der Waals surface area contributed by atoms with Crippen molar-refractivity contribution < 1.29 is 19.2 Å². The second-order valence-corrected chi connectivity index (χ2v) is 5.91. The monoisotopic (exact) mass is 340 g/mol. The normalized spacial score (nSPS) is 16.8. The summed E-state index contributed by atoms with van der Waals surface area (Å²) >= 11 is 0. The molecule has 0 saturated carbocycles. The van der Waals surface area contributed by atoms with Crippen molar-refractivity contribution in [2.24, 2.45) is 5.92 Å². The molecule has 0 radical (unpaired) electrons. The van der Waals surface area contributed by atoms with E-state index in [1.165, 1.54) is 24.3 Å². The van der Waals surface area contributed by atoms with E-state index in [1.54, 1.807) is 4.90 Å². The summed E-state index contributed by atoms with van der Waals surface area (Å²) in [5.41, 5.74) is 1.76. The van der Waals surface area contributed by atoms with Crippen molar-refractivity contribution in [1.29, 1.82) is 0 Å². The second kappa shape index (κ2) is 6.72. The van der Waals surface area contributed by atoms with E-state index in [-0.39, 0.29) is 30.3 Å². The Hall–Kier alpha value is -3.22. The van der Waals surface area contributed by atoms with Gasteiger partial charge in [0.05, 0.1) is 10.8 Å². The first kappa shape index (κ1) is 16.6. The number of hydrogen-bond donors (Lipinski definition) is 0. The van der Waals surface area contributed by atoms with Crippen molar-refractivity contribution >= 4 is 23.3 Å². The lowest BCUT2D eigenvalue weighted by atomic mass is 10.1. The summed E-state index contributed by atoms with van der Waals surface area (Å²) < 4.78 is 5.24. The van der Waals surface area contributed by atoms with Gasteiger partial charge in [0, 0.05) is 30.8 Å². The number of amides is 1. The molecule has 2 aromatic rings. The molecule has 3 rings (SSSR count). The van der Waals surface area contributed by atoms with Gasteiger partial charge in [-0.25, -0.2) is 0 Å². The molecule has 0 unspecified atom stereocenters. The van der Waals surface area contributed by atoms with Crippen LogP contribution in [0.3, 0.4) is 0 Å². The lowest BCUT2D eigenvalue weighted by molar-refractivity contribution is -0.384. The summed E-state index contributed by atoms with van der Waals surface area (Å²) in [5, 5.41) is 10.6. The molecule has 128 valence electrons. The molecule has 0 bridgehead atoms. The van der Waals surface area contributed by atoms with E-state index in [2.05, 4.69) is 0 Å². The molecule has 1 atom stereocenters. The maximum Gasteiger partial charge on any atom is 0.316 e. The van der Waals surface area contributed by atoms with Crippen LogP contribution in [0.4, 0.5) is 11.4 Å². The van der Waals surface area contributed by atoms with Gasteiger partial charge in [-0.2, -0.15) is 0 Å². The van der Waals surface area contributed by atoms with Crippen molar-refractivity contribution in [1.82, 2.24) is 0 Å². The molecule has 1 fully saturated rings. The Kier molecular flexibility index (Phi) is 4.47. The minimum absolute atomic E-state index is 0.0820. The molecule has 1 aliphatic heterocycles. The maximum absolute atomic E-state index is 12.3. The van der Waals surface area contributed by atoms with Crippen molar-refractivity contribution in [3.8, 4) is 5.75 Å². The highest BCUT2D eigenvalue weighted by atomic mass is 16.6. The predicted molar refractivity (Wildman–Crippen MR) is 90.4 cm³/mol. The van der Waals surface area contributed by atoms with Gasteiger partial charge in [0.2, 0.25) is 5.91 Å². The number of non-ortho nitro benzene ring substituents is 1. The predicted octanol–water partition coefficient (Wildman–Crippen LogP) is 2.86. The first-order valence-electron chi connectivity index (χ1n) is 7.77. The number of aryl methyl sites for hydroxylation is 1. The third-order valence-corrected chi connectivity index (χ3v) is 4.07. The number of nitro groups is 1. The quantitative estimate of drug-likeness (QED) is 0.369. The number of esters is 1. The molecule has 0 N–H and O–H groups in total. The zero-order chi connectivity index (χ0) is 18.0. The van der Waals surface area contributed by atoms with E-state index < -0.39 is 16.8 Å². The van der Waals surface area contributed by atoms with Gasteiger partial charge in [0.25, 0.3) is 5.69 Å². The van der Waals surface area contributed by atoms with Crippen molar-refractivity contribution in [3.63, 3.8) is 0 Å². The van der Waals surface area contributed by atoms with Crippen LogP contribution in [0, 0.1) is 23.0 Å². The molecule has 1 saturated heterocycles. The van der Waals surface area contributed by atoms with E-state index in [1.807, 2.05) is 31.2 Å². The second-order valence-electron chi connectivity index (χ2n) is 5.91. The topological polar surface area (TPSA) is 89.8 Å². The molecule has 1 aliphatic rings. The molecule has 2 aromatic carbocycles. The van der Waals surface area contributed by atoms with E-state index >= 15 is 0 Å². The van der Waals surface area contributed by atoms with Gasteiger partial charge >= 0.3 is 5.97 Å². The van der Waals surface area contributed by atoms with Crippen LogP contribution in [0.15, 0.2) is 48.5 Å². The number of rotatable bonds is 4. The van der Waals surface area contributed by atoms with Gasteiger partial charge in [-0.05, 0) is 31.2 Å². The smallest absolute Gasteiger partial charge is 0.316 e. The van der Waals surface area contributed by atoms with Crippen molar-refractivity contribution in [2.75, 3.05) is 11.4 Å². The molecule has 7 heteroatoms. The van der Waals surface area contributed by atoms with Crippen LogP contribution in [-0.4, -0.2) is 23.3 Å². The van der Waals surface area contributed by atoms with Crippen LogP contribution in [-0.2, 0) is 9.59 Å². The van der Waals surface area contributed by atoms with Crippen LogP contribution in [0.1, 0.15) is 12.0 Å². The standard InChI is InChI=1S/C18H16N2O5/c1-12-2-4-14(5-3-12)19-11-13(10-17(19)21)18(22)25-16-8-6-15(7-9-16)20(23)24/h2-9,13H,10-11H2,1H3/t13-/m1/s1. The summed E-state index contributed by atoms with van der Waals surface area (Å²) in [6.07, 6.45) is 0.0830. The fraction of sp³-hybridized carbons (Fsp3) is 0.222.